The predicted molar refractivity (Wildman–Crippen MR) is 77.9 cm³/mol. The molecule has 1 aliphatic carbocycles. The molecule has 5 N–H and O–H groups in total. The third kappa shape index (κ3) is 4.02. The Morgan fingerprint density at radius 1 is 1.25 bits per heavy atom. The first-order valence-electron chi connectivity index (χ1n) is 6.44. The molecular formula is C11H20N6O2S. The molecule has 0 bridgehead atoms. The van der Waals surface area contributed by atoms with E-state index in [0.717, 1.165) is 30.5 Å². The van der Waals surface area contributed by atoms with Gasteiger partial charge in [-0.2, -0.15) is 0 Å². The molecule has 20 heavy (non-hydrogen) atoms. The molecule has 112 valence electrons. The third-order valence-corrected chi connectivity index (χ3v) is 3.75. The van der Waals surface area contributed by atoms with Crippen LogP contribution in [0.3, 0.4) is 0 Å². The van der Waals surface area contributed by atoms with Gasteiger partial charge in [-0.15, -0.1) is 0 Å². The Bertz CT molecular complexity index is 585. The van der Waals surface area contributed by atoms with Crippen molar-refractivity contribution in [3.05, 3.63) is 11.4 Å². The highest BCUT2D eigenvalue weighted by Gasteiger charge is 2.28. The number of sulfonamides is 1. The molecule has 0 radical (unpaired) electrons. The van der Waals surface area contributed by atoms with Gasteiger partial charge in [-0.3, -0.25) is 0 Å². The molecule has 0 spiro atoms. The van der Waals surface area contributed by atoms with Crippen LogP contribution in [-0.4, -0.2) is 37.7 Å². The van der Waals surface area contributed by atoms with E-state index in [-0.39, 0.29) is 0 Å². The second kappa shape index (κ2) is 5.90. The Hall–Kier alpha value is -1.45. The quantitative estimate of drug-likeness (QED) is 0.315. The number of anilines is 2. The average Bonchev–Trinajstić information content (AvgIpc) is 3.19. The number of nitrogens with two attached hydrogens (primary N) is 1. The molecule has 8 nitrogen and oxygen atoms in total. The van der Waals surface area contributed by atoms with E-state index in [2.05, 4.69) is 25.4 Å². The molecule has 0 unspecified atom stereocenters. The van der Waals surface area contributed by atoms with Crippen molar-refractivity contribution in [2.24, 2.45) is 5.84 Å². The molecule has 0 aliphatic heterocycles. The van der Waals surface area contributed by atoms with Gasteiger partial charge in [0, 0.05) is 24.6 Å². The minimum Gasteiger partial charge on any atom is -0.368 e. The fourth-order valence-electron chi connectivity index (χ4n) is 1.79. The number of hydrazine groups is 1. The van der Waals surface area contributed by atoms with Crippen LogP contribution >= 0.6 is 0 Å². The summed E-state index contributed by atoms with van der Waals surface area (Å²) in [5.41, 5.74) is 3.39. The summed E-state index contributed by atoms with van der Waals surface area (Å²) < 4.78 is 24.4. The zero-order valence-corrected chi connectivity index (χ0v) is 12.4. The van der Waals surface area contributed by atoms with E-state index >= 15 is 0 Å². The van der Waals surface area contributed by atoms with E-state index in [0.29, 0.717) is 30.6 Å². The molecule has 1 aromatic heterocycles. The summed E-state index contributed by atoms with van der Waals surface area (Å²) in [4.78, 5) is 8.86. The number of nitrogens with one attached hydrogen (secondary N) is 3. The summed E-state index contributed by atoms with van der Waals surface area (Å²) in [6, 6.07) is 0. The molecular weight excluding hydrogens is 280 g/mol. The largest absolute Gasteiger partial charge is 0.368 e. The Morgan fingerprint density at radius 2 is 1.90 bits per heavy atom. The van der Waals surface area contributed by atoms with E-state index in [9.17, 15) is 8.42 Å². The van der Waals surface area contributed by atoms with Crippen LogP contribution in [0.2, 0.25) is 0 Å². The Kier molecular flexibility index (Phi) is 4.41. The first-order chi connectivity index (χ1) is 9.40. The topological polar surface area (TPSA) is 122 Å². The number of aromatic nitrogens is 2. The highest BCUT2D eigenvalue weighted by Crippen LogP contribution is 2.39. The lowest BCUT2D eigenvalue weighted by molar-refractivity contribution is 0.589. The van der Waals surface area contributed by atoms with Crippen LogP contribution in [0.1, 0.15) is 30.1 Å². The fourth-order valence-corrected chi connectivity index (χ4v) is 2.26. The van der Waals surface area contributed by atoms with Crippen molar-refractivity contribution in [1.29, 1.82) is 0 Å². The maximum absolute atomic E-state index is 11.0. The maximum atomic E-state index is 11.0. The van der Waals surface area contributed by atoms with Crippen molar-refractivity contribution >= 4 is 21.7 Å². The van der Waals surface area contributed by atoms with Crippen LogP contribution in [0, 0.1) is 6.92 Å². The summed E-state index contributed by atoms with van der Waals surface area (Å²) in [7, 11) is -3.17. The van der Waals surface area contributed by atoms with Gasteiger partial charge in [0.2, 0.25) is 10.0 Å². The van der Waals surface area contributed by atoms with Crippen molar-refractivity contribution in [2.45, 2.75) is 25.7 Å². The SMILES string of the molecule is Cc1c(NN)nc(C2CC2)nc1NCCNS(C)(=O)=O. The Balaban J connectivity index is 2.04. The molecule has 2 rings (SSSR count). The Labute approximate surface area is 118 Å². The van der Waals surface area contributed by atoms with Crippen molar-refractivity contribution < 1.29 is 8.42 Å². The van der Waals surface area contributed by atoms with Gasteiger partial charge < -0.3 is 10.7 Å². The minimum atomic E-state index is -3.17. The third-order valence-electron chi connectivity index (χ3n) is 3.02. The second-order valence-corrected chi connectivity index (χ2v) is 6.75. The van der Waals surface area contributed by atoms with Crippen molar-refractivity contribution in [3.63, 3.8) is 0 Å². The van der Waals surface area contributed by atoms with Crippen molar-refractivity contribution in [2.75, 3.05) is 30.1 Å². The molecule has 1 aliphatic rings. The minimum absolute atomic E-state index is 0.298. The van der Waals surface area contributed by atoms with Gasteiger partial charge >= 0.3 is 0 Å². The maximum Gasteiger partial charge on any atom is 0.208 e. The average molecular weight is 300 g/mol. The number of nitrogens with zero attached hydrogens (tertiary/aromatic N) is 2. The lowest BCUT2D eigenvalue weighted by atomic mass is 10.3. The number of rotatable bonds is 7. The van der Waals surface area contributed by atoms with Gasteiger partial charge in [0.1, 0.15) is 17.5 Å². The smallest absolute Gasteiger partial charge is 0.208 e. The van der Waals surface area contributed by atoms with E-state index in [1.165, 1.54) is 0 Å². The monoisotopic (exact) mass is 300 g/mol. The summed E-state index contributed by atoms with van der Waals surface area (Å²) in [6.45, 7) is 2.60. The summed E-state index contributed by atoms with van der Waals surface area (Å²) in [5, 5.41) is 3.11. The summed E-state index contributed by atoms with van der Waals surface area (Å²) in [6.07, 6.45) is 3.33. The molecule has 1 aromatic rings. The zero-order valence-electron chi connectivity index (χ0n) is 11.6. The molecule has 0 saturated heterocycles. The lowest BCUT2D eigenvalue weighted by Crippen LogP contribution is -2.28. The Morgan fingerprint density at radius 3 is 2.45 bits per heavy atom. The first-order valence-corrected chi connectivity index (χ1v) is 8.33. The second-order valence-electron chi connectivity index (χ2n) is 4.92. The highest BCUT2D eigenvalue weighted by atomic mass is 32.2. The highest BCUT2D eigenvalue weighted by molar-refractivity contribution is 7.88. The van der Waals surface area contributed by atoms with Crippen molar-refractivity contribution in [3.8, 4) is 0 Å². The summed E-state index contributed by atoms with van der Waals surface area (Å²) >= 11 is 0. The van der Waals surface area contributed by atoms with E-state index in [1.54, 1.807) is 0 Å². The van der Waals surface area contributed by atoms with Crippen LogP contribution in [0.15, 0.2) is 0 Å². The summed E-state index contributed by atoms with van der Waals surface area (Å²) in [5.74, 6) is 7.94. The van der Waals surface area contributed by atoms with Gasteiger partial charge in [-0.1, -0.05) is 0 Å². The van der Waals surface area contributed by atoms with Gasteiger partial charge in [-0.05, 0) is 19.8 Å². The van der Waals surface area contributed by atoms with Crippen LogP contribution in [0.25, 0.3) is 0 Å². The molecule has 1 heterocycles. The predicted octanol–water partition coefficient (Wildman–Crippen LogP) is -0.0909. The van der Waals surface area contributed by atoms with E-state index < -0.39 is 10.0 Å². The van der Waals surface area contributed by atoms with Gasteiger partial charge in [0.05, 0.1) is 6.26 Å². The zero-order chi connectivity index (χ0) is 14.8. The molecule has 1 saturated carbocycles. The fraction of sp³-hybridized carbons (Fsp3) is 0.636. The van der Waals surface area contributed by atoms with Crippen LogP contribution < -0.4 is 21.3 Å². The van der Waals surface area contributed by atoms with E-state index in [4.69, 9.17) is 5.84 Å². The first kappa shape index (κ1) is 14.9. The van der Waals surface area contributed by atoms with Gasteiger partial charge in [0.15, 0.2) is 0 Å². The van der Waals surface area contributed by atoms with Crippen LogP contribution in [0.4, 0.5) is 11.6 Å². The standard InChI is InChI=1S/C11H20N6O2S/c1-7-9(13-5-6-14-20(2,18)19)15-11(8-3-4-8)16-10(7)17-12/h8,14H,3-6,12H2,1-2H3,(H2,13,15,16,17). The molecule has 9 heteroatoms. The number of hydrogen-bond donors (Lipinski definition) is 4. The number of hydrogen-bond acceptors (Lipinski definition) is 7. The molecule has 0 amide bonds. The molecule has 1 fully saturated rings. The van der Waals surface area contributed by atoms with Gasteiger partial charge in [-0.25, -0.2) is 29.0 Å². The van der Waals surface area contributed by atoms with Gasteiger partial charge in [0.25, 0.3) is 0 Å². The number of nitrogen functional groups attached to an aromatic ring is 1. The molecule has 0 aromatic carbocycles. The van der Waals surface area contributed by atoms with Crippen LogP contribution in [0.5, 0.6) is 0 Å². The lowest BCUT2D eigenvalue weighted by Gasteiger charge is -2.13. The normalized spacial score (nSPS) is 15.2. The molecule has 0 atom stereocenters. The van der Waals surface area contributed by atoms with Crippen molar-refractivity contribution in [1.82, 2.24) is 14.7 Å². The van der Waals surface area contributed by atoms with E-state index in [1.807, 2.05) is 6.92 Å². The van der Waals surface area contributed by atoms with Crippen LogP contribution in [-0.2, 0) is 10.0 Å².